The fraction of sp³-hybridized carbons (Fsp3) is 0.381. The number of anilines is 1. The van der Waals surface area contributed by atoms with Crippen LogP contribution in [0.4, 0.5) is 10.5 Å². The topological polar surface area (TPSA) is 38.3 Å². The van der Waals surface area contributed by atoms with Crippen LogP contribution in [0.25, 0.3) is 0 Å². The molecule has 0 fully saturated rings. The molecule has 0 saturated carbocycles. The summed E-state index contributed by atoms with van der Waals surface area (Å²) in [5.41, 5.74) is 2.78. The van der Waals surface area contributed by atoms with Crippen molar-refractivity contribution in [2.24, 2.45) is 0 Å². The highest BCUT2D eigenvalue weighted by atomic mass is 35.5. The quantitative estimate of drug-likeness (QED) is 0.660. The van der Waals surface area contributed by atoms with Crippen LogP contribution in [0.1, 0.15) is 52.7 Å². The molecule has 0 aliphatic carbocycles. The molecule has 1 N–H and O–H groups in total. The summed E-state index contributed by atoms with van der Waals surface area (Å²) in [7, 11) is 0. The molecule has 0 spiro atoms. The molecule has 0 heterocycles. The van der Waals surface area contributed by atoms with E-state index in [0.29, 0.717) is 16.5 Å². The maximum Gasteiger partial charge on any atom is 0.417 e. The zero-order valence-electron chi connectivity index (χ0n) is 15.7. The monoisotopic (exact) mass is 359 g/mol. The van der Waals surface area contributed by atoms with E-state index in [1.54, 1.807) is 24.3 Å². The Morgan fingerprint density at radius 1 is 0.920 bits per heavy atom. The fourth-order valence-corrected chi connectivity index (χ4v) is 2.53. The molecule has 2 rings (SSSR count). The van der Waals surface area contributed by atoms with Crippen LogP contribution in [0, 0.1) is 0 Å². The predicted octanol–water partition coefficient (Wildman–Crippen LogP) is 6.55. The van der Waals surface area contributed by atoms with E-state index in [9.17, 15) is 4.79 Å². The largest absolute Gasteiger partial charge is 0.417 e. The van der Waals surface area contributed by atoms with E-state index in [0.717, 1.165) is 11.1 Å². The SMILES string of the molecule is CC(C)(C)c1cc(OC(=O)Nc2cccc(Cl)c2)cc(C(C)(C)C)c1. The average molecular weight is 360 g/mol. The Morgan fingerprint density at radius 2 is 1.48 bits per heavy atom. The minimum atomic E-state index is -0.534. The number of carbonyl (C=O) groups excluding carboxylic acids is 1. The lowest BCUT2D eigenvalue weighted by Crippen LogP contribution is -2.20. The summed E-state index contributed by atoms with van der Waals surface area (Å²) in [5, 5.41) is 3.26. The Labute approximate surface area is 155 Å². The molecular formula is C21H26ClNO2. The van der Waals surface area contributed by atoms with Gasteiger partial charge in [-0.2, -0.15) is 0 Å². The number of halogens is 1. The van der Waals surface area contributed by atoms with Gasteiger partial charge in [-0.25, -0.2) is 4.79 Å². The summed E-state index contributed by atoms with van der Waals surface area (Å²) in [6.45, 7) is 12.9. The summed E-state index contributed by atoms with van der Waals surface area (Å²) >= 11 is 5.94. The van der Waals surface area contributed by atoms with E-state index in [-0.39, 0.29) is 10.8 Å². The van der Waals surface area contributed by atoms with Crippen LogP contribution in [0.3, 0.4) is 0 Å². The number of ether oxygens (including phenoxy) is 1. The molecule has 0 aliphatic heterocycles. The second-order valence-electron chi connectivity index (χ2n) is 8.27. The molecule has 0 bridgehead atoms. The molecule has 0 atom stereocenters. The highest BCUT2D eigenvalue weighted by Gasteiger charge is 2.21. The van der Waals surface area contributed by atoms with Gasteiger partial charge in [-0.3, -0.25) is 5.32 Å². The first-order chi connectivity index (χ1) is 11.4. The van der Waals surface area contributed by atoms with E-state index in [1.807, 2.05) is 12.1 Å². The van der Waals surface area contributed by atoms with E-state index in [1.165, 1.54) is 0 Å². The Balaban J connectivity index is 2.27. The third-order valence-corrected chi connectivity index (χ3v) is 4.16. The smallest absolute Gasteiger partial charge is 0.410 e. The minimum absolute atomic E-state index is 0.0389. The lowest BCUT2D eigenvalue weighted by molar-refractivity contribution is 0.215. The molecule has 1 amide bonds. The first kappa shape index (κ1) is 19.3. The molecule has 134 valence electrons. The van der Waals surface area contributed by atoms with Gasteiger partial charge in [0, 0.05) is 10.7 Å². The van der Waals surface area contributed by atoms with Crippen molar-refractivity contribution in [1.82, 2.24) is 0 Å². The normalized spacial score (nSPS) is 12.0. The van der Waals surface area contributed by atoms with Crippen LogP contribution in [0.2, 0.25) is 5.02 Å². The number of amides is 1. The zero-order valence-corrected chi connectivity index (χ0v) is 16.5. The lowest BCUT2D eigenvalue weighted by atomic mass is 9.80. The van der Waals surface area contributed by atoms with Crippen molar-refractivity contribution in [3.05, 3.63) is 58.6 Å². The molecule has 0 saturated heterocycles. The Bertz CT molecular complexity index is 738. The maximum atomic E-state index is 12.2. The third-order valence-electron chi connectivity index (χ3n) is 3.92. The third kappa shape index (κ3) is 5.50. The molecule has 3 nitrogen and oxygen atoms in total. The Hall–Kier alpha value is -2.00. The average Bonchev–Trinajstić information content (AvgIpc) is 2.44. The number of nitrogens with one attached hydrogen (secondary N) is 1. The van der Waals surface area contributed by atoms with Crippen molar-refractivity contribution in [2.45, 2.75) is 52.4 Å². The van der Waals surface area contributed by atoms with Gasteiger partial charge in [0.2, 0.25) is 0 Å². The second kappa shape index (κ2) is 7.09. The highest BCUT2D eigenvalue weighted by Crippen LogP contribution is 2.33. The van der Waals surface area contributed by atoms with Gasteiger partial charge in [-0.15, -0.1) is 0 Å². The summed E-state index contributed by atoms with van der Waals surface area (Å²) in [6, 6.07) is 13.0. The number of hydrogen-bond acceptors (Lipinski definition) is 2. The van der Waals surface area contributed by atoms with Gasteiger partial charge in [0.05, 0.1) is 0 Å². The second-order valence-corrected chi connectivity index (χ2v) is 8.71. The molecule has 0 aromatic heterocycles. The van der Waals surface area contributed by atoms with E-state index in [2.05, 4.69) is 52.9 Å². The molecule has 0 unspecified atom stereocenters. The van der Waals surface area contributed by atoms with Crippen LogP contribution in [0.5, 0.6) is 5.75 Å². The number of benzene rings is 2. The van der Waals surface area contributed by atoms with Crippen LogP contribution in [-0.2, 0) is 10.8 Å². The molecule has 2 aromatic rings. The number of carbonyl (C=O) groups is 1. The van der Waals surface area contributed by atoms with Gasteiger partial charge in [0.1, 0.15) is 5.75 Å². The predicted molar refractivity (Wildman–Crippen MR) is 105 cm³/mol. The first-order valence-corrected chi connectivity index (χ1v) is 8.73. The van der Waals surface area contributed by atoms with Crippen molar-refractivity contribution in [3.63, 3.8) is 0 Å². The van der Waals surface area contributed by atoms with Gasteiger partial charge >= 0.3 is 6.09 Å². The molecule has 25 heavy (non-hydrogen) atoms. The summed E-state index contributed by atoms with van der Waals surface area (Å²) in [6.07, 6.45) is -0.534. The van der Waals surface area contributed by atoms with Crippen LogP contribution < -0.4 is 10.1 Å². The van der Waals surface area contributed by atoms with Crippen molar-refractivity contribution in [3.8, 4) is 5.75 Å². The molecular weight excluding hydrogens is 334 g/mol. The number of hydrogen-bond donors (Lipinski definition) is 1. The Kier molecular flexibility index (Phi) is 5.48. The molecule has 0 radical (unpaired) electrons. The van der Waals surface area contributed by atoms with Gasteiger partial charge in [-0.05, 0) is 52.3 Å². The van der Waals surface area contributed by atoms with E-state index < -0.39 is 6.09 Å². The van der Waals surface area contributed by atoms with Gasteiger partial charge in [0.15, 0.2) is 0 Å². The summed E-state index contributed by atoms with van der Waals surface area (Å²) < 4.78 is 5.54. The highest BCUT2D eigenvalue weighted by molar-refractivity contribution is 6.30. The van der Waals surface area contributed by atoms with Crippen LogP contribution in [-0.4, -0.2) is 6.09 Å². The van der Waals surface area contributed by atoms with Crippen molar-refractivity contribution in [2.75, 3.05) is 5.32 Å². The Morgan fingerprint density at radius 3 is 1.96 bits per heavy atom. The van der Waals surface area contributed by atoms with Gasteiger partial charge < -0.3 is 4.74 Å². The lowest BCUT2D eigenvalue weighted by Gasteiger charge is -2.25. The van der Waals surface area contributed by atoms with Crippen LogP contribution in [0.15, 0.2) is 42.5 Å². The standard InChI is InChI=1S/C21H26ClNO2/c1-20(2,3)14-10-15(21(4,5)6)12-18(11-14)25-19(24)23-17-9-7-8-16(22)13-17/h7-13H,1-6H3,(H,23,24). The minimum Gasteiger partial charge on any atom is -0.410 e. The fourth-order valence-electron chi connectivity index (χ4n) is 2.34. The van der Waals surface area contributed by atoms with Crippen LogP contribution >= 0.6 is 11.6 Å². The summed E-state index contributed by atoms with van der Waals surface area (Å²) in [5.74, 6) is 0.539. The molecule has 4 heteroatoms. The van der Waals surface area contributed by atoms with Crippen molar-refractivity contribution < 1.29 is 9.53 Å². The zero-order chi connectivity index (χ0) is 18.8. The molecule has 0 aliphatic rings. The van der Waals surface area contributed by atoms with Gasteiger partial charge in [-0.1, -0.05) is 65.3 Å². The van der Waals surface area contributed by atoms with E-state index in [4.69, 9.17) is 16.3 Å². The number of rotatable bonds is 2. The van der Waals surface area contributed by atoms with Crippen molar-refractivity contribution in [1.29, 1.82) is 0 Å². The molecule has 2 aromatic carbocycles. The van der Waals surface area contributed by atoms with Gasteiger partial charge in [0.25, 0.3) is 0 Å². The first-order valence-electron chi connectivity index (χ1n) is 8.35. The maximum absolute atomic E-state index is 12.2. The summed E-state index contributed by atoms with van der Waals surface area (Å²) in [4.78, 5) is 12.2. The van der Waals surface area contributed by atoms with E-state index >= 15 is 0 Å². The van der Waals surface area contributed by atoms with Crippen molar-refractivity contribution >= 4 is 23.4 Å².